The Labute approximate surface area is 134 Å². The highest BCUT2D eigenvalue weighted by molar-refractivity contribution is 9.10. The predicted molar refractivity (Wildman–Crippen MR) is 90.4 cm³/mol. The first-order chi connectivity index (χ1) is 9.86. The van der Waals surface area contributed by atoms with Gasteiger partial charge in [-0.15, -0.1) is 0 Å². The maximum atomic E-state index is 13.4. The van der Waals surface area contributed by atoms with E-state index in [0.29, 0.717) is 0 Å². The lowest BCUT2D eigenvalue weighted by Crippen LogP contribution is -2.21. The Kier molecular flexibility index (Phi) is 4.84. The molecule has 0 saturated carbocycles. The lowest BCUT2D eigenvalue weighted by Gasteiger charge is -2.25. The van der Waals surface area contributed by atoms with Crippen molar-refractivity contribution in [3.05, 3.63) is 67.9 Å². The minimum atomic E-state index is -0.227. The van der Waals surface area contributed by atoms with Crippen molar-refractivity contribution in [1.29, 1.82) is 0 Å². The smallest absolute Gasteiger partial charge is 0.124 e. The molecule has 0 aliphatic rings. The van der Waals surface area contributed by atoms with Gasteiger partial charge in [0.1, 0.15) is 5.82 Å². The van der Waals surface area contributed by atoms with Crippen molar-refractivity contribution in [1.82, 2.24) is 5.32 Å². The number of benzene rings is 2. The van der Waals surface area contributed by atoms with Crippen molar-refractivity contribution in [2.24, 2.45) is 0 Å². The number of rotatable bonds is 3. The summed E-state index contributed by atoms with van der Waals surface area (Å²) < 4.78 is 14.1. The molecule has 0 saturated heterocycles. The lowest BCUT2D eigenvalue weighted by molar-refractivity contribution is 0.621. The van der Waals surface area contributed by atoms with Crippen LogP contribution in [0.1, 0.15) is 39.4 Å². The molecule has 2 aromatic rings. The second-order valence-electron chi connectivity index (χ2n) is 5.56. The lowest BCUT2D eigenvalue weighted by atomic mass is 9.87. The van der Waals surface area contributed by atoms with Crippen LogP contribution in [-0.2, 0) is 0 Å². The molecule has 0 radical (unpaired) electrons. The first-order valence-electron chi connectivity index (χ1n) is 7.06. The Morgan fingerprint density at radius 3 is 2.05 bits per heavy atom. The van der Waals surface area contributed by atoms with E-state index < -0.39 is 0 Å². The SMILES string of the molecule is CNC(c1ccc(F)cc1Br)c1c(C)c(C)cc(C)c1C. The highest BCUT2D eigenvalue weighted by atomic mass is 79.9. The Bertz CT molecular complexity index is 653. The van der Waals surface area contributed by atoms with Crippen LogP contribution < -0.4 is 5.32 Å². The molecule has 0 heterocycles. The monoisotopic (exact) mass is 349 g/mol. The van der Waals surface area contributed by atoms with Crippen molar-refractivity contribution in [3.8, 4) is 0 Å². The second-order valence-corrected chi connectivity index (χ2v) is 6.42. The van der Waals surface area contributed by atoms with Gasteiger partial charge in [0.05, 0.1) is 6.04 Å². The van der Waals surface area contributed by atoms with Gasteiger partial charge in [-0.2, -0.15) is 0 Å². The van der Waals surface area contributed by atoms with Gasteiger partial charge in [-0.05, 0) is 80.3 Å². The van der Waals surface area contributed by atoms with Crippen molar-refractivity contribution in [2.45, 2.75) is 33.7 Å². The van der Waals surface area contributed by atoms with Gasteiger partial charge in [0.2, 0.25) is 0 Å². The molecule has 0 aliphatic heterocycles. The van der Waals surface area contributed by atoms with E-state index in [2.05, 4.69) is 55.0 Å². The predicted octanol–water partition coefficient (Wildman–Crippen LogP) is 5.13. The number of aryl methyl sites for hydroxylation is 2. The molecule has 0 aliphatic carbocycles. The third kappa shape index (κ3) is 3.04. The van der Waals surface area contributed by atoms with Crippen molar-refractivity contribution in [2.75, 3.05) is 7.05 Å². The van der Waals surface area contributed by atoms with E-state index in [-0.39, 0.29) is 11.9 Å². The van der Waals surface area contributed by atoms with Crippen molar-refractivity contribution >= 4 is 15.9 Å². The van der Waals surface area contributed by atoms with Crippen LogP contribution >= 0.6 is 15.9 Å². The van der Waals surface area contributed by atoms with E-state index in [4.69, 9.17) is 0 Å². The summed E-state index contributed by atoms with van der Waals surface area (Å²) >= 11 is 3.49. The number of hydrogen-bond acceptors (Lipinski definition) is 1. The molecule has 0 aromatic heterocycles. The quantitative estimate of drug-likeness (QED) is 0.809. The van der Waals surface area contributed by atoms with Gasteiger partial charge in [0, 0.05) is 4.47 Å². The molecule has 1 atom stereocenters. The molecule has 112 valence electrons. The number of hydrogen-bond donors (Lipinski definition) is 1. The Morgan fingerprint density at radius 1 is 1.00 bits per heavy atom. The maximum Gasteiger partial charge on any atom is 0.124 e. The normalized spacial score (nSPS) is 12.5. The number of halogens is 2. The van der Waals surface area contributed by atoms with Gasteiger partial charge in [-0.1, -0.05) is 28.1 Å². The van der Waals surface area contributed by atoms with Gasteiger partial charge in [-0.3, -0.25) is 0 Å². The Morgan fingerprint density at radius 2 is 1.57 bits per heavy atom. The molecular formula is C18H21BrFN. The van der Waals surface area contributed by atoms with Gasteiger partial charge in [0.25, 0.3) is 0 Å². The third-order valence-electron chi connectivity index (χ3n) is 4.27. The second kappa shape index (κ2) is 6.29. The van der Waals surface area contributed by atoms with Gasteiger partial charge < -0.3 is 5.32 Å². The molecule has 0 bridgehead atoms. The van der Waals surface area contributed by atoms with Crippen LogP contribution in [0.3, 0.4) is 0 Å². The molecular weight excluding hydrogens is 329 g/mol. The summed E-state index contributed by atoms with van der Waals surface area (Å²) in [5, 5.41) is 3.38. The van der Waals surface area contributed by atoms with Crippen LogP contribution in [0.15, 0.2) is 28.7 Å². The fraction of sp³-hybridized carbons (Fsp3) is 0.333. The summed E-state index contributed by atoms with van der Waals surface area (Å²) in [6.45, 7) is 8.58. The fourth-order valence-corrected chi connectivity index (χ4v) is 3.45. The molecule has 21 heavy (non-hydrogen) atoms. The minimum Gasteiger partial charge on any atom is -0.309 e. The van der Waals surface area contributed by atoms with E-state index in [1.807, 2.05) is 13.1 Å². The Balaban J connectivity index is 2.67. The van der Waals surface area contributed by atoms with Crippen molar-refractivity contribution < 1.29 is 4.39 Å². The van der Waals surface area contributed by atoms with Gasteiger partial charge in [-0.25, -0.2) is 4.39 Å². The summed E-state index contributed by atoms with van der Waals surface area (Å²) in [6, 6.07) is 7.14. The van der Waals surface area contributed by atoms with Gasteiger partial charge >= 0.3 is 0 Å². The van der Waals surface area contributed by atoms with Crippen LogP contribution in [-0.4, -0.2) is 7.05 Å². The van der Waals surface area contributed by atoms with Crippen LogP contribution in [0.4, 0.5) is 4.39 Å². The summed E-state index contributed by atoms with van der Waals surface area (Å²) in [4.78, 5) is 0. The van der Waals surface area contributed by atoms with E-state index in [9.17, 15) is 4.39 Å². The molecule has 1 unspecified atom stereocenters. The zero-order valence-electron chi connectivity index (χ0n) is 13.1. The third-order valence-corrected chi connectivity index (χ3v) is 4.96. The van der Waals surface area contributed by atoms with Gasteiger partial charge in [0.15, 0.2) is 0 Å². The molecule has 1 nitrogen and oxygen atoms in total. The highest BCUT2D eigenvalue weighted by Crippen LogP contribution is 2.34. The summed E-state index contributed by atoms with van der Waals surface area (Å²) in [5.74, 6) is -0.227. The molecule has 0 spiro atoms. The standard InChI is InChI=1S/C18H21BrFN/c1-10-8-11(2)13(4)17(12(10)3)18(21-5)15-7-6-14(20)9-16(15)19/h6-9,18,21H,1-5H3. The fourth-order valence-electron chi connectivity index (χ4n) is 2.87. The first-order valence-corrected chi connectivity index (χ1v) is 7.85. The maximum absolute atomic E-state index is 13.4. The first kappa shape index (κ1) is 16.2. The summed E-state index contributed by atoms with van der Waals surface area (Å²) in [6.07, 6.45) is 0. The van der Waals surface area contributed by atoms with E-state index in [1.165, 1.54) is 39.9 Å². The highest BCUT2D eigenvalue weighted by Gasteiger charge is 2.21. The molecule has 2 rings (SSSR count). The van der Waals surface area contributed by atoms with E-state index >= 15 is 0 Å². The zero-order valence-corrected chi connectivity index (χ0v) is 14.7. The van der Waals surface area contributed by atoms with E-state index in [0.717, 1.165) is 10.0 Å². The molecule has 0 fully saturated rings. The zero-order chi connectivity index (χ0) is 15.7. The average molecular weight is 350 g/mol. The molecule has 2 aromatic carbocycles. The number of nitrogens with one attached hydrogen (secondary N) is 1. The Hall–Kier alpha value is -1.19. The topological polar surface area (TPSA) is 12.0 Å². The average Bonchev–Trinajstić information content (AvgIpc) is 2.42. The van der Waals surface area contributed by atoms with Crippen LogP contribution in [0, 0.1) is 33.5 Å². The van der Waals surface area contributed by atoms with Crippen molar-refractivity contribution in [3.63, 3.8) is 0 Å². The molecule has 3 heteroatoms. The molecule has 0 amide bonds. The van der Waals surface area contributed by atoms with Crippen LogP contribution in [0.5, 0.6) is 0 Å². The molecule has 1 N–H and O–H groups in total. The van der Waals surface area contributed by atoms with Crippen LogP contribution in [0.25, 0.3) is 0 Å². The minimum absolute atomic E-state index is 0.0403. The summed E-state index contributed by atoms with van der Waals surface area (Å²) in [7, 11) is 1.94. The summed E-state index contributed by atoms with van der Waals surface area (Å²) in [5.41, 5.74) is 7.47. The van der Waals surface area contributed by atoms with Crippen LogP contribution in [0.2, 0.25) is 0 Å². The largest absolute Gasteiger partial charge is 0.309 e. The van der Waals surface area contributed by atoms with E-state index in [1.54, 1.807) is 0 Å².